The van der Waals surface area contributed by atoms with Gasteiger partial charge in [-0.25, -0.2) is 0 Å². The predicted octanol–water partition coefficient (Wildman–Crippen LogP) is 2.10. The lowest BCUT2D eigenvalue weighted by atomic mass is 10.3. The fourth-order valence-electron chi connectivity index (χ4n) is 2.34. The van der Waals surface area contributed by atoms with Crippen LogP contribution in [0.2, 0.25) is 0 Å². The number of benzene rings is 1. The van der Waals surface area contributed by atoms with Crippen LogP contribution >= 0.6 is 11.8 Å². The van der Waals surface area contributed by atoms with Crippen LogP contribution in [0.25, 0.3) is 0 Å². The third-order valence-electron chi connectivity index (χ3n) is 3.55. The second-order valence-electron chi connectivity index (χ2n) is 5.23. The minimum Gasteiger partial charge on any atom is -0.340 e. The van der Waals surface area contributed by atoms with Gasteiger partial charge in [-0.3, -0.25) is 14.5 Å². The quantitative estimate of drug-likeness (QED) is 0.832. The largest absolute Gasteiger partial charge is 0.340 e. The first-order valence-electron chi connectivity index (χ1n) is 7.26. The SMILES string of the molecule is CC(=O)N1CCN(CC(=O)Nc2ccc(SC(F)F)cc2)CC1. The van der Waals surface area contributed by atoms with Gasteiger partial charge in [-0.15, -0.1) is 0 Å². The van der Waals surface area contributed by atoms with Crippen molar-refractivity contribution in [3.8, 4) is 0 Å². The van der Waals surface area contributed by atoms with Crippen LogP contribution in [0.4, 0.5) is 14.5 Å². The van der Waals surface area contributed by atoms with Crippen molar-refractivity contribution in [2.75, 3.05) is 38.0 Å². The Kier molecular flexibility index (Phi) is 6.35. The number of thioether (sulfide) groups is 1. The van der Waals surface area contributed by atoms with E-state index in [9.17, 15) is 18.4 Å². The number of amides is 2. The van der Waals surface area contributed by atoms with Crippen LogP contribution in [0.15, 0.2) is 29.2 Å². The molecular formula is C15H19F2N3O2S. The van der Waals surface area contributed by atoms with Gasteiger partial charge in [0.25, 0.3) is 5.76 Å². The molecule has 0 aromatic heterocycles. The van der Waals surface area contributed by atoms with Gasteiger partial charge >= 0.3 is 0 Å². The van der Waals surface area contributed by atoms with Crippen molar-refractivity contribution >= 4 is 29.3 Å². The van der Waals surface area contributed by atoms with E-state index in [4.69, 9.17) is 0 Å². The van der Waals surface area contributed by atoms with Gasteiger partial charge in [0.15, 0.2) is 0 Å². The Morgan fingerprint density at radius 1 is 1.17 bits per heavy atom. The molecule has 2 rings (SSSR count). The molecule has 8 heteroatoms. The first kappa shape index (κ1) is 17.7. The van der Waals surface area contributed by atoms with E-state index in [2.05, 4.69) is 5.32 Å². The highest BCUT2D eigenvalue weighted by Crippen LogP contribution is 2.26. The monoisotopic (exact) mass is 343 g/mol. The number of nitrogens with zero attached hydrogens (tertiary/aromatic N) is 2. The van der Waals surface area contributed by atoms with Crippen molar-refractivity contribution in [3.63, 3.8) is 0 Å². The number of hydrogen-bond donors (Lipinski definition) is 1. The van der Waals surface area contributed by atoms with Crippen LogP contribution in [0.5, 0.6) is 0 Å². The van der Waals surface area contributed by atoms with Crippen molar-refractivity contribution in [2.24, 2.45) is 0 Å². The Morgan fingerprint density at radius 2 is 1.78 bits per heavy atom. The molecule has 5 nitrogen and oxygen atoms in total. The summed E-state index contributed by atoms with van der Waals surface area (Å²) >= 11 is 0.471. The standard InChI is InChI=1S/C15H19F2N3O2S/c1-11(21)20-8-6-19(7-9-20)10-14(22)18-12-2-4-13(5-3-12)23-15(16)17/h2-5,15H,6-10H2,1H3,(H,18,22). The van der Waals surface area contributed by atoms with Gasteiger partial charge in [-0.2, -0.15) is 8.78 Å². The Hall–Kier alpha value is -1.67. The second-order valence-corrected chi connectivity index (χ2v) is 6.30. The van der Waals surface area contributed by atoms with E-state index in [1.165, 1.54) is 0 Å². The lowest BCUT2D eigenvalue weighted by Gasteiger charge is -2.33. The van der Waals surface area contributed by atoms with Gasteiger partial charge in [0.05, 0.1) is 6.54 Å². The molecule has 0 aliphatic carbocycles. The third-order valence-corrected chi connectivity index (χ3v) is 4.27. The molecule has 1 saturated heterocycles. The smallest absolute Gasteiger partial charge is 0.288 e. The first-order chi connectivity index (χ1) is 10.9. The summed E-state index contributed by atoms with van der Waals surface area (Å²) in [6.07, 6.45) is 0. The van der Waals surface area contributed by atoms with E-state index in [1.807, 2.05) is 4.90 Å². The normalized spacial score (nSPS) is 15.7. The van der Waals surface area contributed by atoms with Gasteiger partial charge < -0.3 is 10.2 Å². The lowest BCUT2D eigenvalue weighted by Crippen LogP contribution is -2.49. The molecule has 1 aliphatic rings. The van der Waals surface area contributed by atoms with Gasteiger partial charge in [0, 0.05) is 43.7 Å². The molecule has 0 saturated carbocycles. The number of carbonyl (C=O) groups excluding carboxylic acids is 2. The molecule has 1 aromatic rings. The highest BCUT2D eigenvalue weighted by Gasteiger charge is 2.20. The van der Waals surface area contributed by atoms with Crippen molar-refractivity contribution in [1.82, 2.24) is 9.80 Å². The zero-order valence-electron chi connectivity index (χ0n) is 12.8. The highest BCUT2D eigenvalue weighted by atomic mass is 32.2. The van der Waals surface area contributed by atoms with Gasteiger partial charge in [0.1, 0.15) is 0 Å². The van der Waals surface area contributed by atoms with Gasteiger partial charge in [0.2, 0.25) is 11.8 Å². The maximum Gasteiger partial charge on any atom is 0.288 e. The third kappa shape index (κ3) is 5.80. The fourth-order valence-corrected chi connectivity index (χ4v) is 2.84. The van der Waals surface area contributed by atoms with Gasteiger partial charge in [-0.1, -0.05) is 11.8 Å². The molecule has 126 valence electrons. The number of hydrogen-bond acceptors (Lipinski definition) is 4. The summed E-state index contributed by atoms with van der Waals surface area (Å²) in [6, 6.07) is 6.32. The first-order valence-corrected chi connectivity index (χ1v) is 8.14. The molecule has 0 unspecified atom stereocenters. The van der Waals surface area contributed by atoms with E-state index >= 15 is 0 Å². The predicted molar refractivity (Wildman–Crippen MR) is 85.6 cm³/mol. The number of piperazine rings is 1. The molecule has 1 aromatic carbocycles. The molecule has 1 heterocycles. The highest BCUT2D eigenvalue weighted by molar-refractivity contribution is 7.99. The van der Waals surface area contributed by atoms with Crippen molar-refractivity contribution < 1.29 is 18.4 Å². The summed E-state index contributed by atoms with van der Waals surface area (Å²) in [4.78, 5) is 27.4. The molecule has 2 amide bonds. The van der Waals surface area contributed by atoms with Crippen LogP contribution in [-0.2, 0) is 9.59 Å². The molecule has 0 bridgehead atoms. The zero-order chi connectivity index (χ0) is 16.8. The molecule has 1 N–H and O–H groups in total. The van der Waals surface area contributed by atoms with Crippen LogP contribution in [0.3, 0.4) is 0 Å². The Morgan fingerprint density at radius 3 is 2.30 bits per heavy atom. The maximum absolute atomic E-state index is 12.2. The fraction of sp³-hybridized carbons (Fsp3) is 0.467. The molecule has 0 atom stereocenters. The number of anilines is 1. The molecule has 23 heavy (non-hydrogen) atoms. The number of carbonyl (C=O) groups is 2. The van der Waals surface area contributed by atoms with Crippen molar-refractivity contribution in [1.29, 1.82) is 0 Å². The maximum atomic E-state index is 12.2. The van der Waals surface area contributed by atoms with Crippen LogP contribution in [0, 0.1) is 0 Å². The van der Waals surface area contributed by atoms with Crippen molar-refractivity contribution in [3.05, 3.63) is 24.3 Å². The number of alkyl halides is 2. The summed E-state index contributed by atoms with van der Waals surface area (Å²) in [6.45, 7) is 4.37. The number of nitrogens with one attached hydrogen (secondary N) is 1. The average molecular weight is 343 g/mol. The Bertz CT molecular complexity index is 546. The van der Waals surface area contributed by atoms with Crippen LogP contribution in [-0.4, -0.2) is 60.1 Å². The minimum absolute atomic E-state index is 0.0517. The van der Waals surface area contributed by atoms with E-state index in [-0.39, 0.29) is 18.4 Å². The molecule has 0 radical (unpaired) electrons. The van der Waals surface area contributed by atoms with E-state index in [1.54, 1.807) is 36.1 Å². The Labute approximate surface area is 138 Å². The zero-order valence-corrected chi connectivity index (χ0v) is 13.6. The summed E-state index contributed by atoms with van der Waals surface area (Å²) in [5, 5.41) is 2.75. The Balaban J connectivity index is 1.78. The molecule has 1 aliphatic heterocycles. The topological polar surface area (TPSA) is 52.7 Å². The summed E-state index contributed by atoms with van der Waals surface area (Å²) < 4.78 is 24.5. The van der Waals surface area contributed by atoms with Crippen molar-refractivity contribution in [2.45, 2.75) is 17.6 Å². The van der Waals surface area contributed by atoms with Crippen LogP contribution in [0.1, 0.15) is 6.92 Å². The number of rotatable bonds is 5. The summed E-state index contributed by atoms with van der Waals surface area (Å²) in [5.41, 5.74) is 0.580. The molecular weight excluding hydrogens is 324 g/mol. The average Bonchev–Trinajstić information content (AvgIpc) is 2.49. The van der Waals surface area contributed by atoms with E-state index < -0.39 is 5.76 Å². The summed E-state index contributed by atoms with van der Waals surface area (Å²) in [7, 11) is 0. The second kappa shape index (κ2) is 8.26. The molecule has 0 spiro atoms. The lowest BCUT2D eigenvalue weighted by molar-refractivity contribution is -0.130. The van der Waals surface area contributed by atoms with Gasteiger partial charge in [-0.05, 0) is 24.3 Å². The summed E-state index contributed by atoms with van der Waals surface area (Å²) in [5.74, 6) is -2.56. The van der Waals surface area contributed by atoms with Crippen LogP contribution < -0.4 is 5.32 Å². The minimum atomic E-state index is -2.45. The number of halogens is 2. The van der Waals surface area contributed by atoms with E-state index in [0.717, 1.165) is 0 Å². The molecule has 1 fully saturated rings. The van der Waals surface area contributed by atoms with E-state index in [0.29, 0.717) is 48.5 Å².